The third-order valence-corrected chi connectivity index (χ3v) is 2.56. The van der Waals surface area contributed by atoms with Gasteiger partial charge in [0.1, 0.15) is 6.61 Å². The minimum atomic E-state index is -0.965. The first-order valence-corrected chi connectivity index (χ1v) is 5.32. The number of carbonyl (C=O) groups is 1. The van der Waals surface area contributed by atoms with Crippen molar-refractivity contribution < 1.29 is 14.6 Å². The van der Waals surface area contributed by atoms with Crippen LogP contribution in [0.2, 0.25) is 0 Å². The first-order valence-electron chi connectivity index (χ1n) is 5.32. The van der Waals surface area contributed by atoms with Crippen LogP contribution in [0, 0.1) is 0 Å². The first-order chi connectivity index (χ1) is 6.70. The van der Waals surface area contributed by atoms with Crippen LogP contribution in [0.5, 0.6) is 0 Å². The molecule has 0 atom stereocenters. The Hall–Kier alpha value is -0.610. The quantitative estimate of drug-likeness (QED) is 0.654. The molecule has 0 aliphatic heterocycles. The summed E-state index contributed by atoms with van der Waals surface area (Å²) in [5.41, 5.74) is -1.63. The van der Waals surface area contributed by atoms with E-state index < -0.39 is 11.1 Å². The van der Waals surface area contributed by atoms with E-state index in [9.17, 15) is 9.90 Å². The minimum absolute atomic E-state index is 0.0490. The zero-order chi connectivity index (χ0) is 12.1. The summed E-state index contributed by atoms with van der Waals surface area (Å²) >= 11 is 0. The molecule has 0 fully saturated rings. The Labute approximate surface area is 92.0 Å². The summed E-state index contributed by atoms with van der Waals surface area (Å²) in [7, 11) is 0. The van der Waals surface area contributed by atoms with Crippen LogP contribution in [0.25, 0.3) is 0 Å². The van der Waals surface area contributed by atoms with Gasteiger partial charge in [-0.25, -0.2) is 0 Å². The molecule has 4 nitrogen and oxygen atoms in total. The monoisotopic (exact) mass is 217 g/mol. The zero-order valence-electron chi connectivity index (χ0n) is 10.4. The molecule has 0 saturated heterocycles. The van der Waals surface area contributed by atoms with Gasteiger partial charge >= 0.3 is 0 Å². The average Bonchev–Trinajstić information content (AvgIpc) is 2.01. The largest absolute Gasteiger partial charge is 0.388 e. The Morgan fingerprint density at radius 1 is 1.33 bits per heavy atom. The van der Waals surface area contributed by atoms with Gasteiger partial charge in [0.25, 0.3) is 0 Å². The lowest BCUT2D eigenvalue weighted by Gasteiger charge is -2.37. The molecule has 0 aromatic rings. The second-order valence-corrected chi connectivity index (χ2v) is 4.78. The molecule has 0 saturated carbocycles. The lowest BCUT2D eigenvalue weighted by Crippen LogP contribution is -2.58. The summed E-state index contributed by atoms with van der Waals surface area (Å²) in [6.07, 6.45) is 0.891. The van der Waals surface area contributed by atoms with Crippen LogP contribution in [0.1, 0.15) is 41.0 Å². The number of amides is 1. The summed E-state index contributed by atoms with van der Waals surface area (Å²) < 4.78 is 5.11. The Morgan fingerprint density at radius 3 is 2.27 bits per heavy atom. The summed E-state index contributed by atoms with van der Waals surface area (Å²) in [4.78, 5) is 11.4. The van der Waals surface area contributed by atoms with Crippen molar-refractivity contribution in [3.05, 3.63) is 0 Å². The Bertz CT molecular complexity index is 206. The molecule has 2 N–H and O–H groups in total. The van der Waals surface area contributed by atoms with Gasteiger partial charge in [-0.05, 0) is 34.1 Å². The van der Waals surface area contributed by atoms with Crippen LogP contribution in [0.15, 0.2) is 0 Å². The highest BCUT2D eigenvalue weighted by Gasteiger charge is 2.36. The molecular formula is C11H23NO3. The van der Waals surface area contributed by atoms with Gasteiger partial charge in [-0.15, -0.1) is 0 Å². The second kappa shape index (κ2) is 5.47. The fraction of sp³-hybridized carbons (Fsp3) is 0.909. The Kier molecular flexibility index (Phi) is 5.24. The number of hydrogen-bond donors (Lipinski definition) is 2. The molecule has 4 heteroatoms. The SMILES string of the molecule is CCCOCC(=O)NC(C)(C)C(C)(C)O. The second-order valence-electron chi connectivity index (χ2n) is 4.78. The molecule has 1 amide bonds. The van der Waals surface area contributed by atoms with E-state index in [1.807, 2.05) is 6.92 Å². The van der Waals surface area contributed by atoms with Crippen LogP contribution in [-0.2, 0) is 9.53 Å². The van der Waals surface area contributed by atoms with E-state index in [0.717, 1.165) is 6.42 Å². The Morgan fingerprint density at radius 2 is 1.87 bits per heavy atom. The average molecular weight is 217 g/mol. The van der Waals surface area contributed by atoms with Gasteiger partial charge in [0.15, 0.2) is 0 Å². The number of nitrogens with one attached hydrogen (secondary N) is 1. The van der Waals surface area contributed by atoms with E-state index in [1.165, 1.54) is 0 Å². The van der Waals surface area contributed by atoms with E-state index in [2.05, 4.69) is 5.32 Å². The van der Waals surface area contributed by atoms with Crippen LogP contribution in [-0.4, -0.2) is 35.4 Å². The molecule has 0 rings (SSSR count). The van der Waals surface area contributed by atoms with Crippen molar-refractivity contribution in [3.8, 4) is 0 Å². The number of ether oxygens (including phenoxy) is 1. The number of carbonyl (C=O) groups excluding carboxylic acids is 1. The fourth-order valence-electron chi connectivity index (χ4n) is 0.847. The third-order valence-electron chi connectivity index (χ3n) is 2.56. The van der Waals surface area contributed by atoms with E-state index in [-0.39, 0.29) is 12.5 Å². The highest BCUT2D eigenvalue weighted by molar-refractivity contribution is 5.78. The van der Waals surface area contributed by atoms with Crippen LogP contribution < -0.4 is 5.32 Å². The predicted molar refractivity (Wildman–Crippen MR) is 59.6 cm³/mol. The normalized spacial score (nSPS) is 12.7. The number of aliphatic hydroxyl groups is 1. The smallest absolute Gasteiger partial charge is 0.246 e. The molecule has 0 aromatic heterocycles. The predicted octanol–water partition coefficient (Wildman–Crippen LogP) is 1.08. The van der Waals surface area contributed by atoms with Gasteiger partial charge < -0.3 is 15.2 Å². The van der Waals surface area contributed by atoms with Crippen LogP contribution >= 0.6 is 0 Å². The van der Waals surface area contributed by atoms with Crippen molar-refractivity contribution in [2.24, 2.45) is 0 Å². The van der Waals surface area contributed by atoms with E-state index >= 15 is 0 Å². The lowest BCUT2D eigenvalue weighted by molar-refractivity contribution is -0.130. The van der Waals surface area contributed by atoms with Gasteiger partial charge in [0, 0.05) is 6.61 Å². The summed E-state index contributed by atoms with van der Waals surface area (Å²) in [5, 5.41) is 12.6. The van der Waals surface area contributed by atoms with Crippen LogP contribution in [0.4, 0.5) is 0 Å². The third kappa shape index (κ3) is 5.14. The van der Waals surface area contributed by atoms with Gasteiger partial charge in [0.05, 0.1) is 11.1 Å². The number of rotatable bonds is 6. The summed E-state index contributed by atoms with van der Waals surface area (Å²) in [6.45, 7) is 9.51. The molecule has 90 valence electrons. The maximum Gasteiger partial charge on any atom is 0.246 e. The molecule has 0 aromatic carbocycles. The molecule has 0 heterocycles. The van der Waals surface area contributed by atoms with Crippen molar-refractivity contribution >= 4 is 5.91 Å². The number of hydrogen-bond acceptors (Lipinski definition) is 3. The molecular weight excluding hydrogens is 194 g/mol. The highest BCUT2D eigenvalue weighted by Crippen LogP contribution is 2.20. The molecule has 0 aliphatic carbocycles. The maximum atomic E-state index is 11.4. The van der Waals surface area contributed by atoms with E-state index in [1.54, 1.807) is 27.7 Å². The van der Waals surface area contributed by atoms with Crippen molar-refractivity contribution in [2.45, 2.75) is 52.2 Å². The van der Waals surface area contributed by atoms with Crippen molar-refractivity contribution in [3.63, 3.8) is 0 Å². The molecule has 0 aliphatic rings. The fourth-order valence-corrected chi connectivity index (χ4v) is 0.847. The van der Waals surface area contributed by atoms with Crippen LogP contribution in [0.3, 0.4) is 0 Å². The van der Waals surface area contributed by atoms with Crippen molar-refractivity contribution in [1.29, 1.82) is 0 Å². The molecule has 15 heavy (non-hydrogen) atoms. The van der Waals surface area contributed by atoms with Gasteiger partial charge in [-0.2, -0.15) is 0 Å². The molecule has 0 bridgehead atoms. The molecule has 0 unspecified atom stereocenters. The van der Waals surface area contributed by atoms with E-state index in [0.29, 0.717) is 6.61 Å². The summed E-state index contributed by atoms with van der Waals surface area (Å²) in [5.74, 6) is -0.199. The lowest BCUT2D eigenvalue weighted by atomic mass is 9.86. The van der Waals surface area contributed by atoms with Gasteiger partial charge in [-0.3, -0.25) is 4.79 Å². The van der Waals surface area contributed by atoms with E-state index in [4.69, 9.17) is 4.74 Å². The van der Waals surface area contributed by atoms with Crippen molar-refractivity contribution in [1.82, 2.24) is 5.32 Å². The highest BCUT2D eigenvalue weighted by atomic mass is 16.5. The Balaban J connectivity index is 4.06. The topological polar surface area (TPSA) is 58.6 Å². The van der Waals surface area contributed by atoms with Gasteiger partial charge in [0.2, 0.25) is 5.91 Å². The zero-order valence-corrected chi connectivity index (χ0v) is 10.4. The minimum Gasteiger partial charge on any atom is -0.388 e. The first kappa shape index (κ1) is 14.4. The molecule has 0 spiro atoms. The summed E-state index contributed by atoms with van der Waals surface area (Å²) in [6, 6.07) is 0. The van der Waals surface area contributed by atoms with Gasteiger partial charge in [-0.1, -0.05) is 6.92 Å². The standard InChI is InChI=1S/C11H23NO3/c1-6-7-15-8-9(13)12-10(2,3)11(4,5)14/h14H,6-8H2,1-5H3,(H,12,13). The molecule has 0 radical (unpaired) electrons. The van der Waals surface area contributed by atoms with Crippen molar-refractivity contribution in [2.75, 3.05) is 13.2 Å². The maximum absolute atomic E-state index is 11.4.